The van der Waals surface area contributed by atoms with Gasteiger partial charge < -0.3 is 5.32 Å². The maximum Gasteiger partial charge on any atom is 0.0742 e. The van der Waals surface area contributed by atoms with Gasteiger partial charge in [-0.15, -0.1) is 0 Å². The van der Waals surface area contributed by atoms with Gasteiger partial charge >= 0.3 is 0 Å². The largest absolute Gasteiger partial charge is 0.316 e. The fourth-order valence-corrected chi connectivity index (χ4v) is 3.23. The van der Waals surface area contributed by atoms with Gasteiger partial charge in [0.2, 0.25) is 0 Å². The standard InChI is InChI=1S/C14H16N2S/c1-3-12-5-2-6-16-14(12)13(4-1)10-17-9-11-7-15-8-11/h1-6,11,15H,7-10H2. The molecule has 1 fully saturated rings. The Morgan fingerprint density at radius 2 is 2.12 bits per heavy atom. The van der Waals surface area contributed by atoms with Crippen molar-refractivity contribution in [2.75, 3.05) is 18.8 Å². The van der Waals surface area contributed by atoms with E-state index in [0.717, 1.165) is 17.2 Å². The summed E-state index contributed by atoms with van der Waals surface area (Å²) in [5.41, 5.74) is 2.52. The van der Waals surface area contributed by atoms with Crippen LogP contribution in [0.3, 0.4) is 0 Å². The summed E-state index contributed by atoms with van der Waals surface area (Å²) in [5.74, 6) is 3.21. The Kier molecular flexibility index (Phi) is 3.29. The van der Waals surface area contributed by atoms with Crippen LogP contribution >= 0.6 is 11.8 Å². The van der Waals surface area contributed by atoms with Crippen LogP contribution in [0, 0.1) is 5.92 Å². The highest BCUT2D eigenvalue weighted by Crippen LogP contribution is 2.22. The van der Waals surface area contributed by atoms with Gasteiger partial charge in [-0.1, -0.05) is 24.3 Å². The third-order valence-electron chi connectivity index (χ3n) is 3.19. The Morgan fingerprint density at radius 1 is 1.24 bits per heavy atom. The molecule has 1 saturated heterocycles. The molecule has 3 heteroatoms. The third kappa shape index (κ3) is 2.45. The number of para-hydroxylation sites is 1. The molecule has 2 heterocycles. The zero-order chi connectivity index (χ0) is 11.5. The molecule has 1 aliphatic heterocycles. The van der Waals surface area contributed by atoms with Crippen LogP contribution in [0.4, 0.5) is 0 Å². The smallest absolute Gasteiger partial charge is 0.0742 e. The Hall–Kier alpha value is -1.06. The first kappa shape index (κ1) is 11.1. The van der Waals surface area contributed by atoms with Gasteiger partial charge in [-0.25, -0.2) is 0 Å². The lowest BCUT2D eigenvalue weighted by atomic mass is 10.1. The van der Waals surface area contributed by atoms with E-state index >= 15 is 0 Å². The molecule has 0 unspecified atom stereocenters. The molecule has 2 aromatic rings. The SMILES string of the molecule is c1cnc2c(CSCC3CNC3)cccc2c1. The van der Waals surface area contributed by atoms with E-state index in [2.05, 4.69) is 34.6 Å². The second-order valence-electron chi connectivity index (χ2n) is 4.53. The van der Waals surface area contributed by atoms with Crippen molar-refractivity contribution in [1.82, 2.24) is 10.3 Å². The molecule has 1 aliphatic rings. The topological polar surface area (TPSA) is 24.9 Å². The van der Waals surface area contributed by atoms with Crippen molar-refractivity contribution in [3.63, 3.8) is 0 Å². The van der Waals surface area contributed by atoms with Gasteiger partial charge in [0.1, 0.15) is 0 Å². The highest BCUT2D eigenvalue weighted by Gasteiger charge is 2.16. The lowest BCUT2D eigenvalue weighted by Crippen LogP contribution is -2.43. The lowest BCUT2D eigenvalue weighted by molar-refractivity contribution is 0.385. The molecular weight excluding hydrogens is 228 g/mol. The van der Waals surface area contributed by atoms with Gasteiger partial charge in [-0.2, -0.15) is 11.8 Å². The quantitative estimate of drug-likeness (QED) is 0.895. The molecule has 0 bridgehead atoms. The van der Waals surface area contributed by atoms with E-state index in [-0.39, 0.29) is 0 Å². The molecule has 1 aromatic heterocycles. The van der Waals surface area contributed by atoms with E-state index < -0.39 is 0 Å². The maximum atomic E-state index is 4.49. The number of hydrogen-bond donors (Lipinski definition) is 1. The zero-order valence-corrected chi connectivity index (χ0v) is 10.5. The summed E-state index contributed by atoms with van der Waals surface area (Å²) >= 11 is 2.03. The third-order valence-corrected chi connectivity index (χ3v) is 4.42. The van der Waals surface area contributed by atoms with Gasteiger partial charge in [0.25, 0.3) is 0 Å². The lowest BCUT2D eigenvalue weighted by Gasteiger charge is -2.26. The molecule has 3 rings (SSSR count). The summed E-state index contributed by atoms with van der Waals surface area (Å²) < 4.78 is 0. The summed E-state index contributed by atoms with van der Waals surface area (Å²) in [6, 6.07) is 10.6. The fourth-order valence-electron chi connectivity index (χ4n) is 2.09. The summed E-state index contributed by atoms with van der Waals surface area (Å²) in [6.45, 7) is 2.39. The first-order valence-electron chi connectivity index (χ1n) is 6.04. The average molecular weight is 244 g/mol. The van der Waals surface area contributed by atoms with Gasteiger partial charge in [0, 0.05) is 17.3 Å². The Bertz CT molecular complexity index is 503. The van der Waals surface area contributed by atoms with E-state index in [4.69, 9.17) is 0 Å². The van der Waals surface area contributed by atoms with E-state index in [1.54, 1.807) is 0 Å². The fraction of sp³-hybridized carbons (Fsp3) is 0.357. The van der Waals surface area contributed by atoms with Crippen molar-refractivity contribution in [2.45, 2.75) is 5.75 Å². The summed E-state index contributed by atoms with van der Waals surface area (Å²) in [4.78, 5) is 4.49. The number of rotatable bonds is 4. The number of fused-ring (bicyclic) bond motifs is 1. The number of nitrogens with zero attached hydrogens (tertiary/aromatic N) is 1. The van der Waals surface area contributed by atoms with Crippen LogP contribution in [0.15, 0.2) is 36.5 Å². The zero-order valence-electron chi connectivity index (χ0n) is 9.73. The first-order chi connectivity index (χ1) is 8.43. The van der Waals surface area contributed by atoms with Gasteiger partial charge in [0.05, 0.1) is 5.52 Å². The highest BCUT2D eigenvalue weighted by atomic mass is 32.2. The van der Waals surface area contributed by atoms with Crippen molar-refractivity contribution in [1.29, 1.82) is 0 Å². The molecule has 1 N–H and O–H groups in total. The van der Waals surface area contributed by atoms with Crippen molar-refractivity contribution < 1.29 is 0 Å². The van der Waals surface area contributed by atoms with Crippen molar-refractivity contribution in [2.24, 2.45) is 5.92 Å². The number of thioether (sulfide) groups is 1. The minimum Gasteiger partial charge on any atom is -0.316 e. The second kappa shape index (κ2) is 5.07. The number of benzene rings is 1. The van der Waals surface area contributed by atoms with Gasteiger partial charge in [0.15, 0.2) is 0 Å². The predicted molar refractivity (Wildman–Crippen MR) is 74.3 cm³/mol. The summed E-state index contributed by atoms with van der Waals surface area (Å²) in [6.07, 6.45) is 1.88. The van der Waals surface area contributed by atoms with Crippen molar-refractivity contribution in [3.05, 3.63) is 42.1 Å². The number of hydrogen-bond acceptors (Lipinski definition) is 3. The second-order valence-corrected chi connectivity index (χ2v) is 5.56. The highest BCUT2D eigenvalue weighted by molar-refractivity contribution is 7.98. The van der Waals surface area contributed by atoms with E-state index in [9.17, 15) is 0 Å². The Morgan fingerprint density at radius 3 is 2.94 bits per heavy atom. The van der Waals surface area contributed by atoms with E-state index in [1.165, 1.54) is 29.8 Å². The molecule has 2 nitrogen and oxygen atoms in total. The average Bonchev–Trinajstić information content (AvgIpc) is 2.32. The molecule has 0 atom stereocenters. The molecule has 88 valence electrons. The Labute approximate surface area is 106 Å². The number of aromatic nitrogens is 1. The van der Waals surface area contributed by atoms with E-state index in [0.29, 0.717) is 0 Å². The molecule has 0 aliphatic carbocycles. The minimum atomic E-state index is 0.878. The maximum absolute atomic E-state index is 4.49. The first-order valence-corrected chi connectivity index (χ1v) is 7.20. The van der Waals surface area contributed by atoms with Gasteiger partial charge in [-0.3, -0.25) is 4.98 Å². The molecular formula is C14H16N2S. The van der Waals surface area contributed by atoms with E-state index in [1.807, 2.05) is 24.0 Å². The minimum absolute atomic E-state index is 0.878. The predicted octanol–water partition coefficient (Wildman–Crippen LogP) is 2.69. The Balaban J connectivity index is 1.71. The number of pyridine rings is 1. The monoisotopic (exact) mass is 244 g/mol. The molecule has 17 heavy (non-hydrogen) atoms. The summed E-state index contributed by atoms with van der Waals surface area (Å²) in [5, 5.41) is 4.56. The van der Waals surface area contributed by atoms with Crippen LogP contribution in [0.25, 0.3) is 10.9 Å². The van der Waals surface area contributed by atoms with Crippen LogP contribution < -0.4 is 5.32 Å². The number of nitrogens with one attached hydrogen (secondary N) is 1. The van der Waals surface area contributed by atoms with Crippen LogP contribution in [0.2, 0.25) is 0 Å². The molecule has 0 radical (unpaired) electrons. The van der Waals surface area contributed by atoms with Crippen LogP contribution in [0.1, 0.15) is 5.56 Å². The van der Waals surface area contributed by atoms with Gasteiger partial charge in [-0.05, 0) is 36.4 Å². The van der Waals surface area contributed by atoms with Crippen LogP contribution in [-0.4, -0.2) is 23.8 Å². The summed E-state index contributed by atoms with van der Waals surface area (Å²) in [7, 11) is 0. The van der Waals surface area contributed by atoms with Crippen molar-refractivity contribution in [3.8, 4) is 0 Å². The molecule has 0 saturated carbocycles. The molecule has 0 amide bonds. The normalized spacial score (nSPS) is 16.0. The molecule has 1 aromatic carbocycles. The molecule has 0 spiro atoms. The van der Waals surface area contributed by atoms with Crippen LogP contribution in [-0.2, 0) is 5.75 Å². The van der Waals surface area contributed by atoms with Crippen molar-refractivity contribution >= 4 is 22.7 Å². The van der Waals surface area contributed by atoms with Crippen LogP contribution in [0.5, 0.6) is 0 Å².